The smallest absolute Gasteiger partial charge is 0.255 e. The molecular weight excluding hydrogens is 484 g/mol. The highest BCUT2D eigenvalue weighted by Crippen LogP contribution is 2.26. The number of amides is 1. The zero-order chi connectivity index (χ0) is 23.0. The summed E-state index contributed by atoms with van der Waals surface area (Å²) in [5.74, 6) is 1.26. The third-order valence-electron chi connectivity index (χ3n) is 5.36. The maximum atomic E-state index is 13.2. The average Bonchev–Trinajstić information content (AvgIpc) is 3.08. The summed E-state index contributed by atoms with van der Waals surface area (Å²) in [7, 11) is -3.70. The minimum Gasteiger partial charge on any atom is -0.339 e. The van der Waals surface area contributed by atoms with Crippen LogP contribution in [0.25, 0.3) is 0 Å². The van der Waals surface area contributed by atoms with E-state index in [9.17, 15) is 13.2 Å². The number of nitrogens with zero attached hydrogens (tertiary/aromatic N) is 1. The number of hydrogen-bond acceptors (Lipinski definition) is 5. The number of halogens is 1. The van der Waals surface area contributed by atoms with Gasteiger partial charge in [0.1, 0.15) is 0 Å². The number of sulfonamides is 1. The Bertz CT molecular complexity index is 1020. The molecule has 0 aromatic heterocycles. The Kier molecular flexibility index (Phi) is 9.79. The molecule has 9 heteroatoms. The Labute approximate surface area is 204 Å². The van der Waals surface area contributed by atoms with Gasteiger partial charge in [0.15, 0.2) is 0 Å². The highest BCUT2D eigenvalue weighted by Gasteiger charge is 2.23. The monoisotopic (exact) mass is 512 g/mol. The van der Waals surface area contributed by atoms with Gasteiger partial charge in [0.05, 0.1) is 10.5 Å². The summed E-state index contributed by atoms with van der Waals surface area (Å²) in [6, 6.07) is 12.5. The Hall–Kier alpha value is -1.19. The minimum absolute atomic E-state index is 0.0800. The van der Waals surface area contributed by atoms with Gasteiger partial charge in [-0.25, -0.2) is 13.1 Å². The summed E-state index contributed by atoms with van der Waals surface area (Å²) in [5.41, 5.74) is 1.50. The lowest BCUT2D eigenvalue weighted by Crippen LogP contribution is -2.32. The topological polar surface area (TPSA) is 66.5 Å². The lowest BCUT2D eigenvalue weighted by molar-refractivity contribution is 0.0758. The molecule has 0 saturated carbocycles. The number of carbonyl (C=O) groups is 1. The summed E-state index contributed by atoms with van der Waals surface area (Å²) in [6.07, 6.45) is 6.15. The first-order valence-electron chi connectivity index (χ1n) is 10.7. The number of rotatable bonds is 9. The van der Waals surface area contributed by atoms with E-state index in [2.05, 4.69) is 4.72 Å². The molecule has 0 radical (unpaired) electrons. The molecule has 1 aliphatic rings. The van der Waals surface area contributed by atoms with Crippen LogP contribution >= 0.6 is 35.1 Å². The van der Waals surface area contributed by atoms with E-state index in [0.29, 0.717) is 17.9 Å². The van der Waals surface area contributed by atoms with E-state index in [1.807, 2.05) is 35.4 Å². The summed E-state index contributed by atoms with van der Waals surface area (Å²) in [4.78, 5) is 15.9. The molecule has 1 fully saturated rings. The van der Waals surface area contributed by atoms with Crippen molar-refractivity contribution in [2.45, 2.75) is 41.2 Å². The summed E-state index contributed by atoms with van der Waals surface area (Å²) in [5, 5.41) is 0.719. The van der Waals surface area contributed by atoms with Crippen molar-refractivity contribution in [3.8, 4) is 0 Å². The number of benzene rings is 2. The van der Waals surface area contributed by atoms with Crippen LogP contribution in [0.4, 0.5) is 0 Å². The first kappa shape index (κ1) is 25.4. The molecular formula is C23H29ClN2O3S3. The third-order valence-corrected chi connectivity index (χ3v) is 8.99. The van der Waals surface area contributed by atoms with E-state index >= 15 is 0 Å². The fourth-order valence-electron chi connectivity index (χ4n) is 3.59. The second-order valence-electron chi connectivity index (χ2n) is 7.61. The summed E-state index contributed by atoms with van der Waals surface area (Å²) < 4.78 is 28.4. The van der Waals surface area contributed by atoms with Crippen LogP contribution < -0.4 is 4.72 Å². The van der Waals surface area contributed by atoms with Crippen LogP contribution in [0.2, 0.25) is 5.02 Å². The predicted octanol–water partition coefficient (Wildman–Crippen LogP) is 5.29. The highest BCUT2D eigenvalue weighted by molar-refractivity contribution is 7.98. The summed E-state index contributed by atoms with van der Waals surface area (Å²) >= 11 is 9.24. The van der Waals surface area contributed by atoms with Crippen molar-refractivity contribution in [1.29, 1.82) is 0 Å². The predicted molar refractivity (Wildman–Crippen MR) is 135 cm³/mol. The van der Waals surface area contributed by atoms with Crippen LogP contribution in [0.5, 0.6) is 0 Å². The van der Waals surface area contributed by atoms with Crippen molar-refractivity contribution in [1.82, 2.24) is 9.62 Å². The van der Waals surface area contributed by atoms with E-state index in [4.69, 9.17) is 11.6 Å². The van der Waals surface area contributed by atoms with Gasteiger partial charge in [-0.15, -0.1) is 11.8 Å². The molecule has 1 saturated heterocycles. The molecule has 0 atom stereocenters. The van der Waals surface area contributed by atoms with Gasteiger partial charge >= 0.3 is 0 Å². The van der Waals surface area contributed by atoms with Crippen LogP contribution in [-0.2, 0) is 15.8 Å². The Morgan fingerprint density at radius 3 is 2.50 bits per heavy atom. The molecule has 0 unspecified atom stereocenters. The highest BCUT2D eigenvalue weighted by atomic mass is 35.5. The largest absolute Gasteiger partial charge is 0.339 e. The quantitative estimate of drug-likeness (QED) is 0.365. The van der Waals surface area contributed by atoms with Crippen molar-refractivity contribution in [3.63, 3.8) is 0 Å². The first-order chi connectivity index (χ1) is 15.4. The van der Waals surface area contributed by atoms with E-state index in [-0.39, 0.29) is 10.8 Å². The van der Waals surface area contributed by atoms with Crippen LogP contribution in [0, 0.1) is 0 Å². The van der Waals surface area contributed by atoms with E-state index in [1.54, 1.807) is 23.9 Å². The fourth-order valence-corrected chi connectivity index (χ4v) is 6.50. The van der Waals surface area contributed by atoms with Gasteiger partial charge in [-0.05, 0) is 48.9 Å². The maximum Gasteiger partial charge on any atom is 0.255 e. The molecule has 1 aliphatic heterocycles. The van der Waals surface area contributed by atoms with E-state index in [0.717, 1.165) is 60.0 Å². The maximum absolute atomic E-state index is 13.2. The molecule has 2 aromatic rings. The van der Waals surface area contributed by atoms with Gasteiger partial charge in [0.2, 0.25) is 10.0 Å². The number of carbonyl (C=O) groups excluding carboxylic acids is 1. The minimum atomic E-state index is -3.70. The van der Waals surface area contributed by atoms with Gasteiger partial charge in [-0.2, -0.15) is 11.8 Å². The standard InChI is InChI=1S/C23H29ClN2O3S3/c1-30-22-11-10-19(16-20(22)23(27)26-13-6-2-3-7-14-26)32(28,29)25-12-15-31-17-18-8-4-5-9-21(18)24/h4-5,8-11,16,25H,2-3,6-7,12-15,17H2,1H3. The molecule has 174 valence electrons. The van der Waals surface area contributed by atoms with Crippen molar-refractivity contribution in [2.75, 3.05) is 31.6 Å². The molecule has 1 amide bonds. The molecule has 2 aromatic carbocycles. The van der Waals surface area contributed by atoms with Crippen molar-refractivity contribution in [3.05, 3.63) is 58.6 Å². The molecule has 0 aliphatic carbocycles. The lowest BCUT2D eigenvalue weighted by atomic mass is 10.2. The van der Waals surface area contributed by atoms with Gasteiger partial charge < -0.3 is 4.90 Å². The van der Waals surface area contributed by atoms with Crippen LogP contribution in [0.3, 0.4) is 0 Å². The Morgan fingerprint density at radius 2 is 1.81 bits per heavy atom. The zero-order valence-corrected chi connectivity index (χ0v) is 21.4. The fraction of sp³-hybridized carbons (Fsp3) is 0.435. The second-order valence-corrected chi connectivity index (χ2v) is 11.7. The molecule has 1 N–H and O–H groups in total. The van der Waals surface area contributed by atoms with E-state index < -0.39 is 10.0 Å². The zero-order valence-electron chi connectivity index (χ0n) is 18.2. The van der Waals surface area contributed by atoms with Gasteiger partial charge in [0.25, 0.3) is 5.91 Å². The SMILES string of the molecule is CSc1ccc(S(=O)(=O)NCCSCc2ccccc2Cl)cc1C(=O)N1CCCCCC1. The Morgan fingerprint density at radius 1 is 1.09 bits per heavy atom. The number of nitrogens with one attached hydrogen (secondary N) is 1. The van der Waals surface area contributed by atoms with Gasteiger partial charge in [-0.3, -0.25) is 4.79 Å². The Balaban J connectivity index is 1.63. The normalized spacial score (nSPS) is 14.9. The number of likely N-dealkylation sites (tertiary alicyclic amines) is 1. The number of hydrogen-bond donors (Lipinski definition) is 1. The first-order valence-corrected chi connectivity index (χ1v) is 14.9. The van der Waals surface area contributed by atoms with Gasteiger partial charge in [0, 0.05) is 41.1 Å². The molecule has 5 nitrogen and oxygen atoms in total. The van der Waals surface area contributed by atoms with Crippen LogP contribution in [0.1, 0.15) is 41.6 Å². The third kappa shape index (κ3) is 6.90. The molecule has 3 rings (SSSR count). The van der Waals surface area contributed by atoms with E-state index in [1.165, 1.54) is 17.8 Å². The number of thioether (sulfide) groups is 2. The van der Waals surface area contributed by atoms with Crippen molar-refractivity contribution < 1.29 is 13.2 Å². The molecule has 0 spiro atoms. The van der Waals surface area contributed by atoms with Crippen LogP contribution in [-0.4, -0.2) is 50.9 Å². The van der Waals surface area contributed by atoms with Crippen LogP contribution in [0.15, 0.2) is 52.3 Å². The second kappa shape index (κ2) is 12.3. The van der Waals surface area contributed by atoms with Gasteiger partial charge in [-0.1, -0.05) is 42.6 Å². The molecule has 32 heavy (non-hydrogen) atoms. The summed E-state index contributed by atoms with van der Waals surface area (Å²) in [6.45, 7) is 1.76. The van der Waals surface area contributed by atoms with Crippen molar-refractivity contribution >= 4 is 51.1 Å². The van der Waals surface area contributed by atoms with Crippen molar-refractivity contribution in [2.24, 2.45) is 0 Å². The average molecular weight is 513 g/mol. The molecule has 0 bridgehead atoms. The molecule has 1 heterocycles. The lowest BCUT2D eigenvalue weighted by Gasteiger charge is -2.22.